The van der Waals surface area contributed by atoms with Crippen molar-refractivity contribution < 1.29 is 14.3 Å². The van der Waals surface area contributed by atoms with Gasteiger partial charge in [-0.1, -0.05) is 0 Å². The molecule has 128 valence electrons. The van der Waals surface area contributed by atoms with Gasteiger partial charge in [0, 0.05) is 0 Å². The molecule has 1 heterocycles. The first-order valence-electron chi connectivity index (χ1n) is 8.28. The molecule has 26 heavy (non-hydrogen) atoms. The molecule has 0 aromatic heterocycles. The molecule has 0 bridgehead atoms. The molecule has 1 aliphatic carbocycles. The number of esters is 1. The van der Waals surface area contributed by atoms with Gasteiger partial charge in [-0.15, -0.1) is 0 Å². The van der Waals surface area contributed by atoms with Crippen molar-refractivity contribution in [3.63, 3.8) is 0 Å². The Morgan fingerprint density at radius 3 is 2.23 bits per heavy atom. The summed E-state index contributed by atoms with van der Waals surface area (Å²) in [6.07, 6.45) is 4.76. The van der Waals surface area contributed by atoms with Crippen LogP contribution in [-0.4, -0.2) is 32.3 Å². The van der Waals surface area contributed by atoms with E-state index in [-0.39, 0.29) is 26.7 Å². The fourth-order valence-electron chi connectivity index (χ4n) is 3.26. The molecule has 1 atom stereocenters. The van der Waals surface area contributed by atoms with Crippen LogP contribution in [0.2, 0.25) is 0 Å². The molecule has 0 radical (unpaired) electrons. The zero-order valence-corrected chi connectivity index (χ0v) is 15.9. The molecule has 1 aliphatic heterocycles. The average Bonchev–Trinajstić information content (AvgIpc) is 2.93. The molecular weight excluding hydrogens is 391 g/mol. The maximum absolute atomic E-state index is 12.9. The predicted molar refractivity (Wildman–Crippen MR) is 102 cm³/mol. The maximum atomic E-state index is 12.9. The van der Waals surface area contributed by atoms with E-state index in [1.54, 1.807) is 12.2 Å². The Labute approximate surface area is 158 Å². The van der Waals surface area contributed by atoms with E-state index in [9.17, 15) is 9.59 Å². The van der Waals surface area contributed by atoms with E-state index in [4.69, 9.17) is 4.74 Å². The summed E-state index contributed by atoms with van der Waals surface area (Å²) in [7, 11) is 0. The quantitative estimate of drug-likeness (QED) is 0.581. The van der Waals surface area contributed by atoms with Gasteiger partial charge in [0.15, 0.2) is 0 Å². The van der Waals surface area contributed by atoms with Crippen LogP contribution in [0.5, 0.6) is 0 Å². The van der Waals surface area contributed by atoms with Gasteiger partial charge in [0.25, 0.3) is 0 Å². The summed E-state index contributed by atoms with van der Waals surface area (Å²) in [6, 6.07) is 19.8. The Morgan fingerprint density at radius 2 is 1.58 bits per heavy atom. The van der Waals surface area contributed by atoms with E-state index < -0.39 is 5.60 Å². The summed E-state index contributed by atoms with van der Waals surface area (Å²) in [6.45, 7) is 1.84. The van der Waals surface area contributed by atoms with Gasteiger partial charge >= 0.3 is 158 Å². The van der Waals surface area contributed by atoms with E-state index in [0.717, 1.165) is 21.2 Å². The third-order valence-corrected chi connectivity index (χ3v) is 6.76. The number of benzene rings is 2. The second-order valence-electron chi connectivity index (χ2n) is 6.17. The van der Waals surface area contributed by atoms with Crippen LogP contribution in [0, 0.1) is 0 Å². The number of rotatable bonds is 3. The monoisotopic (exact) mass is 408 g/mol. The fourth-order valence-corrected chi connectivity index (χ4v) is 5.41. The predicted octanol–water partition coefficient (Wildman–Crippen LogP) is 2.81. The second kappa shape index (κ2) is 6.56. The van der Waals surface area contributed by atoms with Crippen LogP contribution in [0.4, 0.5) is 0 Å². The zero-order valence-electron chi connectivity index (χ0n) is 14.1. The normalized spacial score (nSPS) is 22.0. The molecule has 0 saturated heterocycles. The van der Waals surface area contributed by atoms with Crippen molar-refractivity contribution in [2.45, 2.75) is 12.5 Å². The summed E-state index contributed by atoms with van der Waals surface area (Å²) in [5.74, 6) is -0.391. The molecule has 3 nitrogen and oxygen atoms in total. The molecule has 0 fully saturated rings. The van der Waals surface area contributed by atoms with Gasteiger partial charge in [-0.05, 0) is 0 Å². The number of carbonyl (C=O) groups is 2. The number of hydrogen-bond acceptors (Lipinski definition) is 3. The van der Waals surface area contributed by atoms with Crippen LogP contribution < -0.4 is 4.46 Å². The number of hydrogen-bond donors (Lipinski definition) is 0. The standard InChI is InChI=1S/C22H16O3Se/c1-15-14-17(23)12-13-22(15)19(16-8-4-2-5-9-16)20(21(24)25-22)26-18-10-6-3-7-11-18/h2-14H,1H3. The van der Waals surface area contributed by atoms with Gasteiger partial charge in [-0.25, -0.2) is 0 Å². The Balaban J connectivity index is 1.92. The number of carbonyl (C=O) groups excluding carboxylic acids is 2. The Bertz CT molecular complexity index is 971. The van der Waals surface area contributed by atoms with E-state index in [2.05, 4.69) is 0 Å². The summed E-state index contributed by atoms with van der Waals surface area (Å²) in [4.78, 5) is 24.6. The average molecular weight is 407 g/mol. The van der Waals surface area contributed by atoms with Crippen LogP contribution in [0.15, 0.2) is 88.9 Å². The van der Waals surface area contributed by atoms with E-state index >= 15 is 0 Å². The molecular formula is C22H16O3Se. The van der Waals surface area contributed by atoms with E-state index in [0.29, 0.717) is 4.47 Å². The van der Waals surface area contributed by atoms with Gasteiger partial charge in [0.05, 0.1) is 0 Å². The van der Waals surface area contributed by atoms with Crippen molar-refractivity contribution in [1.82, 2.24) is 0 Å². The molecule has 4 rings (SSSR count). The van der Waals surface area contributed by atoms with Crippen molar-refractivity contribution >= 4 is 36.7 Å². The first kappa shape index (κ1) is 16.8. The molecule has 4 heteroatoms. The molecule has 0 N–H and O–H groups in total. The molecule has 1 spiro atoms. The topological polar surface area (TPSA) is 43.4 Å². The molecule has 2 aromatic rings. The zero-order chi connectivity index (χ0) is 18.1. The van der Waals surface area contributed by atoms with Gasteiger partial charge in [0.2, 0.25) is 0 Å². The first-order chi connectivity index (χ1) is 12.6. The molecule has 2 aliphatic rings. The summed E-state index contributed by atoms with van der Waals surface area (Å²) >= 11 is -0.192. The molecule has 0 saturated carbocycles. The van der Waals surface area contributed by atoms with E-state index in [1.807, 2.05) is 67.6 Å². The van der Waals surface area contributed by atoms with Crippen molar-refractivity contribution in [2.24, 2.45) is 0 Å². The van der Waals surface area contributed by atoms with Crippen molar-refractivity contribution in [3.8, 4) is 0 Å². The summed E-state index contributed by atoms with van der Waals surface area (Å²) in [5.41, 5.74) is 1.54. The van der Waals surface area contributed by atoms with Crippen molar-refractivity contribution in [2.75, 3.05) is 0 Å². The van der Waals surface area contributed by atoms with Crippen LogP contribution in [0.25, 0.3) is 5.57 Å². The van der Waals surface area contributed by atoms with Crippen LogP contribution in [0.3, 0.4) is 0 Å². The van der Waals surface area contributed by atoms with Gasteiger partial charge < -0.3 is 0 Å². The van der Waals surface area contributed by atoms with Crippen LogP contribution in [0.1, 0.15) is 12.5 Å². The Kier molecular flexibility index (Phi) is 4.23. The summed E-state index contributed by atoms with van der Waals surface area (Å²) in [5, 5.41) is 0. The second-order valence-corrected chi connectivity index (χ2v) is 8.45. The summed E-state index contributed by atoms with van der Waals surface area (Å²) < 4.78 is 7.70. The van der Waals surface area contributed by atoms with Crippen LogP contribution >= 0.6 is 0 Å². The number of ketones is 1. The fraction of sp³-hybridized carbons (Fsp3) is 0.0909. The van der Waals surface area contributed by atoms with Crippen molar-refractivity contribution in [3.05, 3.63) is 94.5 Å². The SMILES string of the molecule is CC1=CC(=O)C=CC12OC(=O)C([Se]c1ccccc1)=C2c1ccccc1. The molecule has 1 unspecified atom stereocenters. The Morgan fingerprint density at radius 1 is 0.923 bits per heavy atom. The van der Waals surface area contributed by atoms with Crippen LogP contribution in [-0.2, 0) is 14.3 Å². The van der Waals surface area contributed by atoms with Gasteiger partial charge in [-0.3, -0.25) is 0 Å². The third-order valence-electron chi connectivity index (χ3n) is 4.49. The van der Waals surface area contributed by atoms with E-state index in [1.165, 1.54) is 6.08 Å². The number of allylic oxidation sites excluding steroid dienone is 2. The first-order valence-corrected chi connectivity index (χ1v) is 10.00. The van der Waals surface area contributed by atoms with Gasteiger partial charge in [0.1, 0.15) is 0 Å². The molecule has 0 amide bonds. The minimum atomic E-state index is -0.988. The third kappa shape index (κ3) is 2.78. The van der Waals surface area contributed by atoms with Crippen molar-refractivity contribution in [1.29, 1.82) is 0 Å². The molecule has 2 aromatic carbocycles. The number of ether oxygens (including phenoxy) is 1. The minimum absolute atomic E-state index is 0.0846. The van der Waals surface area contributed by atoms with Gasteiger partial charge in [-0.2, -0.15) is 0 Å². The Hall–Kier alpha value is -2.68.